The molecule has 1 aromatic heterocycles. The van der Waals surface area contributed by atoms with Gasteiger partial charge in [0.25, 0.3) is 11.2 Å². The van der Waals surface area contributed by atoms with E-state index in [9.17, 15) is 14.9 Å². The highest BCUT2D eigenvalue weighted by molar-refractivity contribution is 9.10. The molecule has 5 rings (SSSR count). The fourth-order valence-corrected chi connectivity index (χ4v) is 5.30. The molecule has 1 fully saturated rings. The monoisotopic (exact) mass is 604 g/mol. The maximum Gasteiger partial charge on any atom is 0.282 e. The van der Waals surface area contributed by atoms with Crippen LogP contribution in [-0.4, -0.2) is 27.4 Å². The topological polar surface area (TPSA) is 109 Å². The summed E-state index contributed by atoms with van der Waals surface area (Å²) in [6.45, 7) is 2.44. The summed E-state index contributed by atoms with van der Waals surface area (Å²) >= 11 is 3.46. The molecule has 0 saturated heterocycles. The summed E-state index contributed by atoms with van der Waals surface area (Å²) in [4.78, 5) is 29.1. The van der Waals surface area contributed by atoms with Gasteiger partial charge in [0.05, 0.1) is 28.6 Å². The van der Waals surface area contributed by atoms with E-state index < -0.39 is 4.92 Å². The highest BCUT2D eigenvalue weighted by Crippen LogP contribution is 2.32. The van der Waals surface area contributed by atoms with E-state index in [2.05, 4.69) is 21.0 Å². The van der Waals surface area contributed by atoms with Crippen LogP contribution in [0, 0.1) is 10.1 Å². The second-order valence-corrected chi connectivity index (χ2v) is 10.6. The Bertz CT molecular complexity index is 1630. The first-order valence-corrected chi connectivity index (χ1v) is 14.1. The zero-order chi connectivity index (χ0) is 28.1. The fourth-order valence-electron chi connectivity index (χ4n) is 4.94. The van der Waals surface area contributed by atoms with E-state index in [0.29, 0.717) is 40.4 Å². The van der Waals surface area contributed by atoms with E-state index in [1.54, 1.807) is 36.5 Å². The number of nitro groups is 1. The Labute approximate surface area is 239 Å². The minimum atomic E-state index is -0.432. The quantitative estimate of drug-likeness (QED) is 0.116. The van der Waals surface area contributed by atoms with Crippen molar-refractivity contribution in [2.45, 2.75) is 51.6 Å². The van der Waals surface area contributed by atoms with Gasteiger partial charge in [-0.15, -0.1) is 0 Å². The molecule has 4 aromatic rings. The third-order valence-corrected chi connectivity index (χ3v) is 7.40. The molecular formula is C30H29BrN4O5. The lowest BCUT2D eigenvalue weighted by atomic mass is 9.88. The third kappa shape index (κ3) is 6.22. The largest absolute Gasteiger partial charge is 0.490 e. The highest BCUT2D eigenvalue weighted by atomic mass is 79.9. The first kappa shape index (κ1) is 27.5. The predicted molar refractivity (Wildman–Crippen MR) is 158 cm³/mol. The lowest BCUT2D eigenvalue weighted by Crippen LogP contribution is -2.25. The number of hydrogen-bond donors (Lipinski definition) is 0. The Morgan fingerprint density at radius 1 is 1.07 bits per heavy atom. The van der Waals surface area contributed by atoms with Gasteiger partial charge in [-0.05, 0) is 67.3 Å². The summed E-state index contributed by atoms with van der Waals surface area (Å²) < 4.78 is 14.0. The summed E-state index contributed by atoms with van der Waals surface area (Å²) in [5.74, 6) is 1.88. The van der Waals surface area contributed by atoms with Crippen LogP contribution in [-0.2, 0) is 6.61 Å². The van der Waals surface area contributed by atoms with Gasteiger partial charge >= 0.3 is 0 Å². The second kappa shape index (κ2) is 12.4. The molecular weight excluding hydrogens is 576 g/mol. The van der Waals surface area contributed by atoms with Crippen LogP contribution in [0.15, 0.2) is 75.0 Å². The lowest BCUT2D eigenvalue weighted by molar-refractivity contribution is -0.384. The Morgan fingerprint density at radius 2 is 1.90 bits per heavy atom. The van der Waals surface area contributed by atoms with Gasteiger partial charge in [-0.3, -0.25) is 14.9 Å². The number of halogens is 1. The lowest BCUT2D eigenvalue weighted by Gasteiger charge is -2.22. The Kier molecular flexibility index (Phi) is 8.54. The van der Waals surface area contributed by atoms with Crippen LogP contribution in [0.1, 0.15) is 61.9 Å². The Hall–Kier alpha value is -4.05. The maximum absolute atomic E-state index is 13.6. The molecule has 1 saturated carbocycles. The van der Waals surface area contributed by atoms with E-state index in [0.717, 1.165) is 35.7 Å². The molecule has 0 aliphatic heterocycles. The van der Waals surface area contributed by atoms with Crippen LogP contribution >= 0.6 is 15.9 Å². The van der Waals surface area contributed by atoms with Crippen molar-refractivity contribution in [2.24, 2.45) is 5.10 Å². The molecule has 10 heteroatoms. The minimum absolute atomic E-state index is 0.0102. The van der Waals surface area contributed by atoms with Crippen molar-refractivity contribution in [2.75, 3.05) is 6.61 Å². The second-order valence-electron chi connectivity index (χ2n) is 9.68. The van der Waals surface area contributed by atoms with Gasteiger partial charge in [0.15, 0.2) is 11.5 Å². The number of rotatable bonds is 9. The number of non-ortho nitro benzene ring substituents is 1. The fraction of sp³-hybridized carbons (Fsp3) is 0.300. The number of nitrogens with zero attached hydrogens (tertiary/aromatic N) is 4. The van der Waals surface area contributed by atoms with Gasteiger partial charge in [0.1, 0.15) is 12.4 Å². The van der Waals surface area contributed by atoms with Crippen LogP contribution in [0.25, 0.3) is 10.9 Å². The zero-order valence-corrected chi connectivity index (χ0v) is 23.7. The normalized spacial score (nSPS) is 14.1. The van der Waals surface area contributed by atoms with E-state index in [1.807, 2.05) is 25.1 Å². The van der Waals surface area contributed by atoms with E-state index in [1.165, 1.54) is 23.2 Å². The molecule has 3 aromatic carbocycles. The molecule has 1 aliphatic carbocycles. The molecule has 1 heterocycles. The molecule has 0 spiro atoms. The molecule has 0 amide bonds. The van der Waals surface area contributed by atoms with Crippen LogP contribution in [0.5, 0.6) is 11.5 Å². The first-order chi connectivity index (χ1) is 19.4. The van der Waals surface area contributed by atoms with Gasteiger partial charge in [-0.25, -0.2) is 4.98 Å². The molecule has 0 N–H and O–H groups in total. The van der Waals surface area contributed by atoms with Crippen LogP contribution in [0.3, 0.4) is 0 Å². The summed E-state index contributed by atoms with van der Waals surface area (Å²) in [6.07, 6.45) is 7.01. The molecule has 40 heavy (non-hydrogen) atoms. The number of nitro benzene ring substituents is 1. The van der Waals surface area contributed by atoms with Gasteiger partial charge in [0, 0.05) is 22.5 Å². The van der Waals surface area contributed by atoms with Crippen molar-refractivity contribution in [1.82, 2.24) is 9.66 Å². The molecule has 1 aliphatic rings. The minimum Gasteiger partial charge on any atom is -0.490 e. The zero-order valence-electron chi connectivity index (χ0n) is 22.1. The maximum atomic E-state index is 13.6. The third-order valence-electron chi connectivity index (χ3n) is 6.91. The summed E-state index contributed by atoms with van der Waals surface area (Å²) in [5.41, 5.74) is 1.87. The molecule has 9 nitrogen and oxygen atoms in total. The van der Waals surface area contributed by atoms with Gasteiger partial charge in [-0.1, -0.05) is 47.3 Å². The van der Waals surface area contributed by atoms with Gasteiger partial charge in [0.2, 0.25) is 0 Å². The number of fused-ring (bicyclic) bond motifs is 1. The Balaban J connectivity index is 1.45. The molecule has 206 valence electrons. The van der Waals surface area contributed by atoms with Gasteiger partial charge in [-0.2, -0.15) is 9.78 Å². The number of ether oxygens (including phenoxy) is 2. The molecule has 0 atom stereocenters. The van der Waals surface area contributed by atoms with Crippen molar-refractivity contribution in [1.29, 1.82) is 0 Å². The predicted octanol–water partition coefficient (Wildman–Crippen LogP) is 6.97. The van der Waals surface area contributed by atoms with E-state index in [4.69, 9.17) is 14.5 Å². The first-order valence-electron chi connectivity index (χ1n) is 13.3. The van der Waals surface area contributed by atoms with Crippen LogP contribution < -0.4 is 15.0 Å². The SMILES string of the molecule is CCOc1cc(C=Nn2c(C3CCCCC3)nc3ccc(Br)cc3c2=O)ccc1OCc1cccc([N+](=O)[O-])c1. The number of hydrogen-bond acceptors (Lipinski definition) is 7. The Morgan fingerprint density at radius 3 is 2.67 bits per heavy atom. The van der Waals surface area contributed by atoms with Crippen LogP contribution in [0.4, 0.5) is 5.69 Å². The van der Waals surface area contributed by atoms with E-state index >= 15 is 0 Å². The smallest absolute Gasteiger partial charge is 0.282 e. The highest BCUT2D eigenvalue weighted by Gasteiger charge is 2.22. The summed E-state index contributed by atoms with van der Waals surface area (Å²) in [5, 5.41) is 16.2. The average molecular weight is 605 g/mol. The van der Waals surface area contributed by atoms with Crippen molar-refractivity contribution in [3.63, 3.8) is 0 Å². The average Bonchev–Trinajstić information content (AvgIpc) is 2.97. The molecule has 0 radical (unpaired) electrons. The summed E-state index contributed by atoms with van der Waals surface area (Å²) in [6, 6.07) is 17.3. The van der Waals surface area contributed by atoms with Crippen LogP contribution in [0.2, 0.25) is 0 Å². The van der Waals surface area contributed by atoms with Crippen molar-refractivity contribution in [3.8, 4) is 11.5 Å². The molecule has 0 bridgehead atoms. The number of benzene rings is 3. The van der Waals surface area contributed by atoms with E-state index in [-0.39, 0.29) is 23.8 Å². The summed E-state index contributed by atoms with van der Waals surface area (Å²) in [7, 11) is 0. The van der Waals surface area contributed by atoms with Crippen molar-refractivity contribution < 1.29 is 14.4 Å². The van der Waals surface area contributed by atoms with Crippen molar-refractivity contribution >= 4 is 38.7 Å². The standard InChI is InChI=1S/C30H29BrN4O5/c1-2-39-28-16-20(11-14-27(28)40-19-21-7-6-10-24(15-21)35(37)38)18-32-34-29(22-8-4-3-5-9-22)33-26-13-12-23(31)17-25(26)30(34)36/h6-7,10-18,22H,2-5,8-9,19H2,1H3. The van der Waals surface area contributed by atoms with Crippen molar-refractivity contribution in [3.05, 3.63) is 103 Å². The van der Waals surface area contributed by atoms with Gasteiger partial charge < -0.3 is 9.47 Å². The number of aromatic nitrogens is 2. The molecule has 0 unspecified atom stereocenters.